The molecule has 1 saturated heterocycles. The third-order valence-electron chi connectivity index (χ3n) is 4.10. The molecule has 1 aliphatic heterocycles. The van der Waals surface area contributed by atoms with E-state index in [2.05, 4.69) is 59.5 Å². The van der Waals surface area contributed by atoms with Crippen molar-refractivity contribution in [2.24, 2.45) is 0 Å². The highest BCUT2D eigenvalue weighted by Crippen LogP contribution is 2.19. The van der Waals surface area contributed by atoms with E-state index in [1.165, 1.54) is 29.7 Å². The van der Waals surface area contributed by atoms with Gasteiger partial charge in [0.05, 0.1) is 13.2 Å². The van der Waals surface area contributed by atoms with E-state index in [1.807, 2.05) is 0 Å². The molecule has 0 spiro atoms. The van der Waals surface area contributed by atoms with Crippen molar-refractivity contribution in [2.45, 2.75) is 12.8 Å². The summed E-state index contributed by atoms with van der Waals surface area (Å²) < 4.78 is 5.38. The largest absolute Gasteiger partial charge is 0.379 e. The molecule has 0 aliphatic carbocycles. The van der Waals surface area contributed by atoms with Crippen molar-refractivity contribution in [1.82, 2.24) is 4.90 Å². The molecule has 1 heterocycles. The van der Waals surface area contributed by atoms with E-state index >= 15 is 0 Å². The Labute approximate surface area is 139 Å². The Balaban J connectivity index is 0.00000176. The number of hydrogen-bond acceptors (Lipinski definition) is 2. The lowest BCUT2D eigenvalue weighted by Crippen LogP contribution is -2.36. The first-order chi connectivity index (χ1) is 10.4. The summed E-state index contributed by atoms with van der Waals surface area (Å²) in [6.07, 6.45) is 2.39. The van der Waals surface area contributed by atoms with Gasteiger partial charge in [-0.3, -0.25) is 4.90 Å². The summed E-state index contributed by atoms with van der Waals surface area (Å²) in [4.78, 5) is 2.50. The summed E-state index contributed by atoms with van der Waals surface area (Å²) >= 11 is 0. The molecule has 2 aromatic carbocycles. The molecule has 118 valence electrons. The van der Waals surface area contributed by atoms with E-state index in [0.717, 1.165) is 32.7 Å². The van der Waals surface area contributed by atoms with Gasteiger partial charge < -0.3 is 4.74 Å². The summed E-state index contributed by atoms with van der Waals surface area (Å²) in [5, 5.41) is 0. The fraction of sp³-hybridized carbons (Fsp3) is 0.368. The van der Waals surface area contributed by atoms with Crippen molar-refractivity contribution in [3.05, 3.63) is 60.2 Å². The van der Waals surface area contributed by atoms with Gasteiger partial charge in [-0.15, -0.1) is 12.4 Å². The molecule has 0 bridgehead atoms. The van der Waals surface area contributed by atoms with Crippen LogP contribution in [0.25, 0.3) is 11.1 Å². The van der Waals surface area contributed by atoms with E-state index in [0.29, 0.717) is 0 Å². The van der Waals surface area contributed by atoms with E-state index in [4.69, 9.17) is 4.74 Å². The third-order valence-corrected chi connectivity index (χ3v) is 4.10. The lowest BCUT2D eigenvalue weighted by molar-refractivity contribution is 0.0375. The quantitative estimate of drug-likeness (QED) is 0.825. The average molecular weight is 318 g/mol. The summed E-state index contributed by atoms with van der Waals surface area (Å²) in [5.41, 5.74) is 4.02. The molecule has 2 aromatic rings. The van der Waals surface area contributed by atoms with Crippen LogP contribution in [0, 0.1) is 0 Å². The highest BCUT2D eigenvalue weighted by Gasteiger charge is 2.09. The Hall–Kier alpha value is -1.35. The van der Waals surface area contributed by atoms with Crippen LogP contribution in [-0.4, -0.2) is 37.7 Å². The molecule has 0 unspecified atom stereocenters. The van der Waals surface area contributed by atoms with Crippen LogP contribution in [0.4, 0.5) is 0 Å². The van der Waals surface area contributed by atoms with Crippen molar-refractivity contribution in [2.75, 3.05) is 32.8 Å². The van der Waals surface area contributed by atoms with Crippen molar-refractivity contribution in [3.63, 3.8) is 0 Å². The Morgan fingerprint density at radius 2 is 1.45 bits per heavy atom. The average Bonchev–Trinajstić information content (AvgIpc) is 2.57. The Kier molecular flexibility index (Phi) is 6.91. The Bertz CT molecular complexity index is 535. The second-order valence-corrected chi connectivity index (χ2v) is 5.62. The molecule has 1 fully saturated rings. The molecule has 3 heteroatoms. The van der Waals surface area contributed by atoms with E-state index in [1.54, 1.807) is 0 Å². The van der Waals surface area contributed by atoms with Gasteiger partial charge in [0.2, 0.25) is 0 Å². The predicted molar refractivity (Wildman–Crippen MR) is 94.7 cm³/mol. The molecular formula is C19H24ClNO. The monoisotopic (exact) mass is 317 g/mol. The third kappa shape index (κ3) is 4.84. The maximum Gasteiger partial charge on any atom is 0.0594 e. The first kappa shape index (κ1) is 17.0. The van der Waals surface area contributed by atoms with Crippen LogP contribution in [0.1, 0.15) is 12.0 Å². The molecule has 2 nitrogen and oxygen atoms in total. The Morgan fingerprint density at radius 1 is 0.818 bits per heavy atom. The summed E-state index contributed by atoms with van der Waals surface area (Å²) in [7, 11) is 0. The number of ether oxygens (including phenoxy) is 1. The second-order valence-electron chi connectivity index (χ2n) is 5.62. The van der Waals surface area contributed by atoms with Crippen LogP contribution in [-0.2, 0) is 11.2 Å². The highest BCUT2D eigenvalue weighted by atomic mass is 35.5. The minimum Gasteiger partial charge on any atom is -0.379 e. The van der Waals surface area contributed by atoms with Gasteiger partial charge in [0.1, 0.15) is 0 Å². The van der Waals surface area contributed by atoms with Gasteiger partial charge in [-0.2, -0.15) is 0 Å². The molecule has 0 N–H and O–H groups in total. The number of nitrogens with zero attached hydrogens (tertiary/aromatic N) is 1. The van der Waals surface area contributed by atoms with Gasteiger partial charge in [0, 0.05) is 13.1 Å². The van der Waals surface area contributed by atoms with Gasteiger partial charge in [-0.25, -0.2) is 0 Å². The normalized spacial score (nSPS) is 15.3. The van der Waals surface area contributed by atoms with Crippen LogP contribution >= 0.6 is 12.4 Å². The number of benzene rings is 2. The molecule has 3 rings (SSSR count). The molecule has 0 radical (unpaired) electrons. The van der Waals surface area contributed by atoms with Gasteiger partial charge in [0.15, 0.2) is 0 Å². The van der Waals surface area contributed by atoms with Crippen molar-refractivity contribution in [3.8, 4) is 11.1 Å². The van der Waals surface area contributed by atoms with Crippen LogP contribution in [0.15, 0.2) is 54.6 Å². The zero-order valence-corrected chi connectivity index (χ0v) is 13.7. The number of halogens is 1. The number of rotatable bonds is 5. The molecule has 0 saturated carbocycles. The lowest BCUT2D eigenvalue weighted by atomic mass is 10.0. The minimum absolute atomic E-state index is 0. The highest BCUT2D eigenvalue weighted by molar-refractivity contribution is 5.85. The molecule has 22 heavy (non-hydrogen) atoms. The van der Waals surface area contributed by atoms with Crippen LogP contribution in [0.3, 0.4) is 0 Å². The molecule has 0 aromatic heterocycles. The number of morpholine rings is 1. The van der Waals surface area contributed by atoms with Gasteiger partial charge in [-0.05, 0) is 36.1 Å². The maximum atomic E-state index is 5.38. The van der Waals surface area contributed by atoms with Gasteiger partial charge >= 0.3 is 0 Å². The summed E-state index contributed by atoms with van der Waals surface area (Å²) in [5.74, 6) is 0. The van der Waals surface area contributed by atoms with E-state index in [-0.39, 0.29) is 12.4 Å². The Morgan fingerprint density at radius 3 is 2.14 bits per heavy atom. The zero-order chi connectivity index (χ0) is 14.3. The maximum absolute atomic E-state index is 5.38. The molecule has 0 atom stereocenters. The fourth-order valence-corrected chi connectivity index (χ4v) is 2.83. The predicted octanol–water partition coefficient (Wildman–Crippen LogP) is 4.04. The van der Waals surface area contributed by atoms with Crippen LogP contribution in [0.5, 0.6) is 0 Å². The molecule has 0 amide bonds. The van der Waals surface area contributed by atoms with E-state index < -0.39 is 0 Å². The minimum atomic E-state index is 0. The smallest absolute Gasteiger partial charge is 0.0594 e. The van der Waals surface area contributed by atoms with Crippen molar-refractivity contribution >= 4 is 12.4 Å². The standard InChI is InChI=1S/C19H23NO.ClH/c1-2-6-18(7-3-1)19-10-8-17(9-11-19)5-4-12-20-13-15-21-16-14-20;/h1-3,6-11H,4-5,12-16H2;1H. The molecule has 1 aliphatic rings. The van der Waals surface area contributed by atoms with Crippen LogP contribution < -0.4 is 0 Å². The SMILES string of the molecule is Cl.c1ccc(-c2ccc(CCCN3CCOCC3)cc2)cc1. The van der Waals surface area contributed by atoms with E-state index in [9.17, 15) is 0 Å². The second kappa shape index (κ2) is 8.94. The van der Waals surface area contributed by atoms with Gasteiger partial charge in [-0.1, -0.05) is 54.6 Å². The van der Waals surface area contributed by atoms with Crippen molar-refractivity contribution < 1.29 is 4.74 Å². The fourth-order valence-electron chi connectivity index (χ4n) is 2.83. The zero-order valence-electron chi connectivity index (χ0n) is 12.9. The topological polar surface area (TPSA) is 12.5 Å². The van der Waals surface area contributed by atoms with Crippen molar-refractivity contribution in [1.29, 1.82) is 0 Å². The van der Waals surface area contributed by atoms with Gasteiger partial charge in [0.25, 0.3) is 0 Å². The first-order valence-corrected chi connectivity index (χ1v) is 7.86. The lowest BCUT2D eigenvalue weighted by Gasteiger charge is -2.26. The molecular weight excluding hydrogens is 294 g/mol. The first-order valence-electron chi connectivity index (χ1n) is 7.86. The number of hydrogen-bond donors (Lipinski definition) is 0. The van der Waals surface area contributed by atoms with Crippen LogP contribution in [0.2, 0.25) is 0 Å². The number of aryl methyl sites for hydroxylation is 1. The summed E-state index contributed by atoms with van der Waals surface area (Å²) in [6, 6.07) is 19.6. The summed E-state index contributed by atoms with van der Waals surface area (Å²) in [6.45, 7) is 5.15.